The lowest BCUT2D eigenvalue weighted by atomic mass is 10.1. The topological polar surface area (TPSA) is 89.9 Å². The molecule has 0 saturated carbocycles. The Hall–Kier alpha value is -1.60. The number of aromatic hydroxyl groups is 1. The zero-order chi connectivity index (χ0) is 16.0. The smallest absolute Gasteiger partial charge is 0.320 e. The number of halogens is 1. The van der Waals surface area contributed by atoms with Crippen molar-refractivity contribution in [3.63, 3.8) is 0 Å². The number of rotatable bonds is 7. The molecule has 1 unspecified atom stereocenters. The molecule has 0 heterocycles. The predicted molar refractivity (Wildman–Crippen MR) is 82.0 cm³/mol. The average molecular weight is 359 g/mol. The first-order valence-corrected chi connectivity index (χ1v) is 7.29. The number of carbonyl (C=O) groups excluding carboxylic acids is 1. The Morgan fingerprint density at radius 1 is 1.43 bits per heavy atom. The molecule has 0 aliphatic carbocycles. The van der Waals surface area contributed by atoms with Gasteiger partial charge in [-0.1, -0.05) is 15.9 Å². The molecule has 0 spiro atoms. The molecular weight excluding hydrogens is 340 g/mol. The van der Waals surface area contributed by atoms with E-state index in [-0.39, 0.29) is 11.7 Å². The van der Waals surface area contributed by atoms with E-state index in [0.717, 1.165) is 10.0 Å². The molecule has 1 rings (SSSR count). The van der Waals surface area contributed by atoms with E-state index in [1.165, 1.54) is 6.92 Å². The summed E-state index contributed by atoms with van der Waals surface area (Å²) in [5.41, 5.74) is 0.783. The number of nitrogens with zero attached hydrogens (tertiary/aromatic N) is 1. The molecule has 6 nitrogen and oxygen atoms in total. The van der Waals surface area contributed by atoms with Crippen LogP contribution < -0.4 is 5.32 Å². The third-order valence-corrected chi connectivity index (χ3v) is 3.85. The maximum absolute atomic E-state index is 11.2. The minimum absolute atomic E-state index is 0.123. The van der Waals surface area contributed by atoms with Crippen molar-refractivity contribution in [3.05, 3.63) is 28.2 Å². The van der Waals surface area contributed by atoms with Gasteiger partial charge in [0.25, 0.3) is 0 Å². The zero-order valence-corrected chi connectivity index (χ0v) is 13.6. The molecule has 0 saturated heterocycles. The Balaban J connectivity index is 2.82. The molecule has 0 aliphatic heterocycles. The molecule has 7 heteroatoms. The van der Waals surface area contributed by atoms with E-state index in [9.17, 15) is 19.8 Å². The highest BCUT2D eigenvalue weighted by Gasteiger charge is 2.21. The third-order valence-electron chi connectivity index (χ3n) is 3.08. The van der Waals surface area contributed by atoms with E-state index in [1.807, 2.05) is 0 Å². The minimum atomic E-state index is -0.936. The highest BCUT2D eigenvalue weighted by molar-refractivity contribution is 9.10. The van der Waals surface area contributed by atoms with Gasteiger partial charge < -0.3 is 15.5 Å². The van der Waals surface area contributed by atoms with Crippen molar-refractivity contribution in [1.82, 2.24) is 10.2 Å². The number of carbonyl (C=O) groups is 2. The first-order chi connectivity index (χ1) is 9.81. The fourth-order valence-corrected chi connectivity index (χ4v) is 2.21. The van der Waals surface area contributed by atoms with Crippen LogP contribution in [0.3, 0.4) is 0 Å². The second-order valence-corrected chi connectivity index (χ2v) is 5.60. The Morgan fingerprint density at radius 2 is 2.10 bits per heavy atom. The predicted octanol–water partition coefficient (Wildman–Crippen LogP) is 1.57. The van der Waals surface area contributed by atoms with E-state index < -0.39 is 12.0 Å². The van der Waals surface area contributed by atoms with Crippen molar-refractivity contribution in [2.75, 3.05) is 13.1 Å². The van der Waals surface area contributed by atoms with Gasteiger partial charge >= 0.3 is 5.97 Å². The summed E-state index contributed by atoms with van der Waals surface area (Å²) in [6.07, 6.45) is 0. The van der Waals surface area contributed by atoms with Crippen LogP contribution in [0.4, 0.5) is 0 Å². The largest absolute Gasteiger partial charge is 0.508 e. The molecule has 1 atom stereocenters. The number of nitrogens with one attached hydrogen (secondary N) is 1. The number of hydrogen-bond donors (Lipinski definition) is 3. The summed E-state index contributed by atoms with van der Waals surface area (Å²) in [7, 11) is 0. The Labute approximate surface area is 131 Å². The van der Waals surface area contributed by atoms with Crippen molar-refractivity contribution in [1.29, 1.82) is 0 Å². The lowest BCUT2D eigenvalue weighted by molar-refractivity contribution is -0.142. The van der Waals surface area contributed by atoms with Crippen molar-refractivity contribution < 1.29 is 19.8 Å². The second-order valence-electron chi connectivity index (χ2n) is 4.74. The number of carboxylic acid groups (broad SMARTS) is 1. The van der Waals surface area contributed by atoms with Gasteiger partial charge in [0, 0.05) is 31.0 Å². The summed E-state index contributed by atoms with van der Waals surface area (Å²) in [5.74, 6) is -0.969. The van der Waals surface area contributed by atoms with E-state index in [2.05, 4.69) is 21.2 Å². The Bertz CT molecular complexity index is 522. The number of phenolic OH excluding ortho intramolecular Hbond substituents is 1. The highest BCUT2D eigenvalue weighted by atomic mass is 79.9. The van der Waals surface area contributed by atoms with Gasteiger partial charge in [-0.15, -0.1) is 0 Å². The van der Waals surface area contributed by atoms with Gasteiger partial charge in [0.2, 0.25) is 5.91 Å². The van der Waals surface area contributed by atoms with Gasteiger partial charge in [0.15, 0.2) is 0 Å². The van der Waals surface area contributed by atoms with Gasteiger partial charge in [-0.2, -0.15) is 0 Å². The van der Waals surface area contributed by atoms with Gasteiger partial charge in [0.05, 0.1) is 0 Å². The maximum Gasteiger partial charge on any atom is 0.320 e. The van der Waals surface area contributed by atoms with Crippen molar-refractivity contribution in [2.24, 2.45) is 0 Å². The van der Waals surface area contributed by atoms with Gasteiger partial charge in [-0.3, -0.25) is 14.5 Å². The van der Waals surface area contributed by atoms with Crippen molar-refractivity contribution in [3.8, 4) is 5.75 Å². The minimum Gasteiger partial charge on any atom is -0.508 e. The van der Waals surface area contributed by atoms with Crippen LogP contribution in [0.1, 0.15) is 19.4 Å². The molecule has 0 radical (unpaired) electrons. The number of aliphatic carboxylic acids is 1. The van der Waals surface area contributed by atoms with Crippen molar-refractivity contribution in [2.45, 2.75) is 26.4 Å². The summed E-state index contributed by atoms with van der Waals surface area (Å²) in [6, 6.07) is 4.15. The SMILES string of the molecule is CC(=O)NCCN(Cc1cc(O)ccc1Br)C(C)C(=O)O. The van der Waals surface area contributed by atoms with Gasteiger partial charge in [-0.05, 0) is 30.7 Å². The van der Waals surface area contributed by atoms with Gasteiger partial charge in [0.1, 0.15) is 11.8 Å². The molecule has 0 fully saturated rings. The third kappa shape index (κ3) is 5.73. The maximum atomic E-state index is 11.2. The number of hydrogen-bond acceptors (Lipinski definition) is 4. The zero-order valence-electron chi connectivity index (χ0n) is 12.0. The number of carboxylic acids is 1. The van der Waals surface area contributed by atoms with E-state index in [4.69, 9.17) is 0 Å². The van der Waals surface area contributed by atoms with Crippen LogP contribution in [-0.2, 0) is 16.1 Å². The molecule has 1 amide bonds. The fraction of sp³-hybridized carbons (Fsp3) is 0.429. The molecule has 116 valence electrons. The van der Waals surface area contributed by atoms with Crippen LogP contribution in [-0.4, -0.2) is 46.1 Å². The van der Waals surface area contributed by atoms with Crippen LogP contribution in [0.25, 0.3) is 0 Å². The van der Waals surface area contributed by atoms with Crippen LogP contribution in [0.2, 0.25) is 0 Å². The van der Waals surface area contributed by atoms with E-state index in [0.29, 0.717) is 19.6 Å². The monoisotopic (exact) mass is 358 g/mol. The number of phenols is 1. The molecule has 3 N–H and O–H groups in total. The summed E-state index contributed by atoms with van der Waals surface area (Å²) < 4.78 is 0.794. The lowest BCUT2D eigenvalue weighted by Gasteiger charge is -2.26. The molecule has 0 aromatic heterocycles. The molecule has 21 heavy (non-hydrogen) atoms. The molecule has 0 aliphatic rings. The molecule has 1 aromatic rings. The second kappa shape index (κ2) is 7.99. The highest BCUT2D eigenvalue weighted by Crippen LogP contribution is 2.23. The summed E-state index contributed by atoms with van der Waals surface area (Å²) >= 11 is 3.38. The van der Waals surface area contributed by atoms with E-state index in [1.54, 1.807) is 30.0 Å². The number of benzene rings is 1. The molecule has 1 aromatic carbocycles. The quantitative estimate of drug-likeness (QED) is 0.688. The van der Waals surface area contributed by atoms with Crippen LogP contribution in [0.15, 0.2) is 22.7 Å². The first-order valence-electron chi connectivity index (χ1n) is 6.50. The lowest BCUT2D eigenvalue weighted by Crippen LogP contribution is -2.42. The molecule has 0 bridgehead atoms. The summed E-state index contributed by atoms with van der Waals surface area (Å²) in [4.78, 5) is 23.8. The van der Waals surface area contributed by atoms with Crippen molar-refractivity contribution >= 4 is 27.8 Å². The summed E-state index contributed by atoms with van der Waals surface area (Å²) in [5, 5.41) is 21.4. The van der Waals surface area contributed by atoms with Crippen LogP contribution in [0.5, 0.6) is 5.75 Å². The standard InChI is InChI=1S/C14H19BrN2O4/c1-9(14(20)21)17(6-5-16-10(2)18)8-11-7-12(19)3-4-13(11)15/h3-4,7,9,19H,5-6,8H2,1-2H3,(H,16,18)(H,20,21). The Morgan fingerprint density at radius 3 is 2.67 bits per heavy atom. The Kier molecular flexibility index (Phi) is 6.64. The van der Waals surface area contributed by atoms with E-state index >= 15 is 0 Å². The summed E-state index contributed by atoms with van der Waals surface area (Å²) in [6.45, 7) is 4.12. The molecular formula is C14H19BrN2O4. The normalized spacial score (nSPS) is 12.2. The first kappa shape index (κ1) is 17.5. The average Bonchev–Trinajstić information content (AvgIpc) is 2.40. The fourth-order valence-electron chi connectivity index (χ4n) is 1.84. The van der Waals surface area contributed by atoms with Crippen LogP contribution in [0, 0.1) is 0 Å². The van der Waals surface area contributed by atoms with Gasteiger partial charge in [-0.25, -0.2) is 0 Å². The van der Waals surface area contributed by atoms with Crippen LogP contribution >= 0.6 is 15.9 Å². The number of amides is 1.